The summed E-state index contributed by atoms with van der Waals surface area (Å²) in [6.07, 6.45) is -6.06. The number of unbranched alkanes of at least 4 members (excludes halogenated alkanes) is 3. The molecule has 0 aliphatic rings. The number of hydrogen-bond donors (Lipinski definition) is 0. The molecule has 0 aliphatic carbocycles. The Hall–Kier alpha value is -0.937. The van der Waals surface area contributed by atoms with Gasteiger partial charge in [-0.25, -0.2) is 0 Å². The van der Waals surface area contributed by atoms with E-state index in [2.05, 4.69) is 3.95 Å². The van der Waals surface area contributed by atoms with Crippen LogP contribution in [0.4, 0.5) is 26.3 Å². The predicted molar refractivity (Wildman–Crippen MR) is 97.1 cm³/mol. The van der Waals surface area contributed by atoms with Gasteiger partial charge in [-0.3, -0.25) is 0 Å². The molecule has 0 radical (unpaired) electrons. The van der Waals surface area contributed by atoms with Gasteiger partial charge in [-0.1, -0.05) is 0 Å². The fourth-order valence-electron chi connectivity index (χ4n) is 2.91. The van der Waals surface area contributed by atoms with Crippen molar-refractivity contribution < 1.29 is 26.3 Å². The first kappa shape index (κ1) is 26.1. The van der Waals surface area contributed by atoms with Gasteiger partial charge in [0, 0.05) is 0 Å². The van der Waals surface area contributed by atoms with Crippen molar-refractivity contribution >= 4 is 19.4 Å². The Labute approximate surface area is 160 Å². The van der Waals surface area contributed by atoms with Gasteiger partial charge < -0.3 is 0 Å². The molecule has 0 N–H and O–H groups in total. The first-order valence-electron chi connectivity index (χ1n) is 9.35. The molecule has 0 atom stereocenters. The van der Waals surface area contributed by atoms with Crippen LogP contribution in [0.15, 0.2) is 9.52 Å². The number of nitrogens with zero attached hydrogens (tertiary/aromatic N) is 2. The molecule has 0 spiro atoms. The summed E-state index contributed by atoms with van der Waals surface area (Å²) < 4.78 is 81.8. The number of halogens is 6. The van der Waals surface area contributed by atoms with E-state index in [0.717, 1.165) is 60.4 Å². The minimum absolute atomic E-state index is 0.741. The van der Waals surface area contributed by atoms with Gasteiger partial charge >= 0.3 is 160 Å². The van der Waals surface area contributed by atoms with Gasteiger partial charge in [-0.15, -0.1) is 0 Å². The Morgan fingerprint density at radius 2 is 1.22 bits per heavy atom. The first-order chi connectivity index (χ1) is 12.5. The Kier molecular flexibility index (Phi) is 11.4. The molecule has 9 heteroatoms. The van der Waals surface area contributed by atoms with Crippen molar-refractivity contribution in [3.63, 3.8) is 0 Å². The number of nitriles is 1. The van der Waals surface area contributed by atoms with Gasteiger partial charge in [0.1, 0.15) is 0 Å². The van der Waals surface area contributed by atoms with Crippen LogP contribution in [0, 0.1) is 17.2 Å². The van der Waals surface area contributed by atoms with E-state index in [1.54, 1.807) is 0 Å². The molecule has 0 amide bonds. The minimum atomic E-state index is -5.60. The molecule has 0 saturated heterocycles. The van der Waals surface area contributed by atoms with Crippen molar-refractivity contribution in [2.45, 2.75) is 87.4 Å². The van der Waals surface area contributed by atoms with E-state index in [1.807, 2.05) is 26.6 Å². The monoisotopic (exact) mass is 460 g/mol. The molecule has 0 aromatic carbocycles. The second-order valence-corrected chi connectivity index (χ2v) is 15.6. The van der Waals surface area contributed by atoms with Crippen LogP contribution in [-0.2, 0) is 0 Å². The van der Waals surface area contributed by atoms with Crippen molar-refractivity contribution in [3.8, 4) is 6.07 Å². The van der Waals surface area contributed by atoms with E-state index in [0.29, 0.717) is 0 Å². The van der Waals surface area contributed by atoms with Crippen LogP contribution in [0.3, 0.4) is 0 Å². The van der Waals surface area contributed by atoms with Crippen molar-refractivity contribution in [2.24, 2.45) is 9.87 Å². The van der Waals surface area contributed by atoms with Gasteiger partial charge in [-0.05, 0) is 0 Å². The fraction of sp³-hybridized carbons (Fsp3) is 0.833. The van der Waals surface area contributed by atoms with E-state index in [-0.39, 0.29) is 0 Å². The van der Waals surface area contributed by atoms with Crippen molar-refractivity contribution in [1.82, 2.24) is 0 Å². The van der Waals surface area contributed by atoms with Gasteiger partial charge in [0.05, 0.1) is 0 Å². The van der Waals surface area contributed by atoms with Crippen LogP contribution in [0.2, 0.25) is 15.8 Å². The molecule has 0 aliphatic heterocycles. The summed E-state index contributed by atoms with van der Waals surface area (Å²) in [7, 11) is 0. The summed E-state index contributed by atoms with van der Waals surface area (Å²) in [5, 5.41) is 11.2. The molecular weight excluding hydrogens is 431 g/mol. The Morgan fingerprint density at radius 1 is 0.852 bits per heavy atom. The van der Waals surface area contributed by atoms with Gasteiger partial charge in [0.2, 0.25) is 0 Å². The van der Waals surface area contributed by atoms with Crippen molar-refractivity contribution in [2.75, 3.05) is 0 Å². The van der Waals surface area contributed by atoms with Gasteiger partial charge in [0.15, 0.2) is 0 Å². The normalized spacial score (nSPS) is 12.6. The summed E-state index contributed by atoms with van der Waals surface area (Å²) in [6.45, 7) is 5.95. The quantitative estimate of drug-likeness (QED) is 0.140. The Bertz CT molecular complexity index is 506. The van der Waals surface area contributed by atoms with E-state index in [4.69, 9.17) is 5.26 Å². The SMILES string of the molecule is CCC[CH2][Ge]([CH2]CCC)([CH2]CCC)[N]=C=C(C#N)C(C(F)(F)F)C(F)(F)F. The first-order valence-corrected chi connectivity index (χ1v) is 14.7. The Morgan fingerprint density at radius 3 is 1.48 bits per heavy atom. The van der Waals surface area contributed by atoms with E-state index in [9.17, 15) is 26.3 Å². The third-order valence-corrected chi connectivity index (χ3v) is 13.8. The second kappa shape index (κ2) is 11.8. The molecule has 0 saturated carbocycles. The second-order valence-electron chi connectivity index (χ2n) is 6.80. The van der Waals surface area contributed by atoms with Crippen LogP contribution >= 0.6 is 0 Å². The predicted octanol–water partition coefficient (Wildman–Crippen LogP) is 7.19. The third-order valence-electron chi connectivity index (χ3n) is 4.46. The van der Waals surface area contributed by atoms with Gasteiger partial charge in [-0.2, -0.15) is 0 Å². The molecule has 0 unspecified atom stereocenters. The van der Waals surface area contributed by atoms with Crippen molar-refractivity contribution in [3.05, 3.63) is 5.57 Å². The molecule has 2 nitrogen and oxygen atoms in total. The molecule has 0 aromatic heterocycles. The summed E-state index contributed by atoms with van der Waals surface area (Å²) in [5.74, 6) is -1.86. The van der Waals surface area contributed by atoms with Crippen molar-refractivity contribution in [1.29, 1.82) is 5.26 Å². The third kappa shape index (κ3) is 9.20. The summed E-state index contributed by atoms with van der Waals surface area (Å²) >= 11 is -3.10. The summed E-state index contributed by atoms with van der Waals surface area (Å²) in [4.78, 5) is 0. The zero-order valence-electron chi connectivity index (χ0n) is 16.1. The molecule has 0 bridgehead atoms. The van der Waals surface area contributed by atoms with Gasteiger partial charge in [0.25, 0.3) is 0 Å². The molecule has 156 valence electrons. The maximum atomic E-state index is 12.9. The summed E-state index contributed by atoms with van der Waals surface area (Å²) in [5.41, 5.74) is -1.48. The Balaban J connectivity index is 6.20. The van der Waals surface area contributed by atoms with E-state index >= 15 is 0 Å². The topological polar surface area (TPSA) is 36.1 Å². The average Bonchev–Trinajstić information content (AvgIpc) is 2.56. The molecular formula is C18H28F6GeN2. The number of alkyl halides is 6. The number of rotatable bonds is 11. The molecule has 27 heavy (non-hydrogen) atoms. The van der Waals surface area contributed by atoms with Crippen LogP contribution in [0.5, 0.6) is 0 Å². The number of hydrogen-bond acceptors (Lipinski definition) is 2. The molecule has 0 rings (SSSR count). The molecule has 0 heterocycles. The average molecular weight is 459 g/mol. The molecule has 0 aromatic rings. The van der Waals surface area contributed by atoms with Crippen LogP contribution < -0.4 is 0 Å². The zero-order valence-corrected chi connectivity index (χ0v) is 18.2. The van der Waals surface area contributed by atoms with Crippen LogP contribution in [-0.4, -0.2) is 31.7 Å². The van der Waals surface area contributed by atoms with E-state index < -0.39 is 37.3 Å². The standard InChI is InChI=1S/C18H28F6GeN2/c1-4-7-10-25(11-8-5-2,12-9-6-3)27-14-15(13-26)16(17(19,20)21)18(22,23)24/h16H,4-12H2,1-3H3. The fourth-order valence-corrected chi connectivity index (χ4v) is 12.3. The summed E-state index contributed by atoms with van der Waals surface area (Å²) in [6, 6.07) is 1.06. The molecule has 0 fully saturated rings. The maximum absolute atomic E-state index is 12.9. The van der Waals surface area contributed by atoms with Crippen LogP contribution in [0.1, 0.15) is 59.3 Å². The number of allylic oxidation sites excluding steroid dienone is 1. The zero-order chi connectivity index (χ0) is 21.1. The van der Waals surface area contributed by atoms with Crippen LogP contribution in [0.25, 0.3) is 0 Å². The van der Waals surface area contributed by atoms with E-state index in [1.165, 1.54) is 0 Å².